The quantitative estimate of drug-likeness (QED) is 0.814. The van der Waals surface area contributed by atoms with Gasteiger partial charge in [-0.15, -0.1) is 0 Å². The molecule has 1 aliphatic heterocycles. The summed E-state index contributed by atoms with van der Waals surface area (Å²) in [5.41, 5.74) is 0. The van der Waals surface area contributed by atoms with Crippen molar-refractivity contribution >= 4 is 0 Å². The highest BCUT2D eigenvalue weighted by Crippen LogP contribution is 2.19. The third-order valence-corrected chi connectivity index (χ3v) is 3.22. The SMILES string of the molecule is CNCc1ccc(CN2CCC(COC)C2)o1. The standard InChI is InChI=1S/C13H22N2O2/c1-14-7-12-3-4-13(17-12)9-15-6-5-11(8-15)10-16-2/h3-4,11,14H,5-10H2,1-2H3. The van der Waals surface area contributed by atoms with Crippen LogP contribution in [0.25, 0.3) is 0 Å². The first-order valence-corrected chi connectivity index (χ1v) is 6.25. The van der Waals surface area contributed by atoms with Gasteiger partial charge in [-0.25, -0.2) is 0 Å². The molecule has 0 aliphatic carbocycles. The molecule has 4 heteroatoms. The van der Waals surface area contributed by atoms with E-state index in [0.717, 1.165) is 44.3 Å². The van der Waals surface area contributed by atoms with Gasteiger partial charge in [0.1, 0.15) is 11.5 Å². The second-order valence-electron chi connectivity index (χ2n) is 4.74. The van der Waals surface area contributed by atoms with Crippen molar-refractivity contribution < 1.29 is 9.15 Å². The number of methoxy groups -OCH3 is 1. The van der Waals surface area contributed by atoms with Crippen LogP contribution >= 0.6 is 0 Å². The zero-order valence-corrected chi connectivity index (χ0v) is 10.7. The lowest BCUT2D eigenvalue weighted by Crippen LogP contribution is -2.21. The van der Waals surface area contributed by atoms with Gasteiger partial charge in [-0.3, -0.25) is 4.90 Å². The molecular formula is C13H22N2O2. The number of rotatable bonds is 6. The third-order valence-electron chi connectivity index (χ3n) is 3.22. The lowest BCUT2D eigenvalue weighted by Gasteiger charge is -2.13. The molecule has 0 bridgehead atoms. The van der Waals surface area contributed by atoms with E-state index in [-0.39, 0.29) is 0 Å². The Hall–Kier alpha value is -0.840. The van der Waals surface area contributed by atoms with Crippen LogP contribution in [-0.2, 0) is 17.8 Å². The molecule has 96 valence electrons. The highest BCUT2D eigenvalue weighted by atomic mass is 16.5. The predicted molar refractivity (Wildman–Crippen MR) is 66.7 cm³/mol. The van der Waals surface area contributed by atoms with Gasteiger partial charge in [0.05, 0.1) is 19.7 Å². The summed E-state index contributed by atoms with van der Waals surface area (Å²) in [5.74, 6) is 2.76. The van der Waals surface area contributed by atoms with E-state index >= 15 is 0 Å². The Bertz CT molecular complexity index is 338. The van der Waals surface area contributed by atoms with E-state index in [1.807, 2.05) is 7.05 Å². The van der Waals surface area contributed by atoms with Crippen LogP contribution in [0.2, 0.25) is 0 Å². The van der Waals surface area contributed by atoms with E-state index in [1.165, 1.54) is 6.42 Å². The van der Waals surface area contributed by atoms with Gasteiger partial charge in [0.2, 0.25) is 0 Å². The molecule has 4 nitrogen and oxygen atoms in total. The number of nitrogens with zero attached hydrogens (tertiary/aromatic N) is 1. The minimum absolute atomic E-state index is 0.687. The molecule has 0 spiro atoms. The Balaban J connectivity index is 1.80. The number of nitrogens with one attached hydrogen (secondary N) is 1. The zero-order chi connectivity index (χ0) is 12.1. The van der Waals surface area contributed by atoms with Crippen LogP contribution in [-0.4, -0.2) is 38.8 Å². The summed E-state index contributed by atoms with van der Waals surface area (Å²) in [6.45, 7) is 4.86. The zero-order valence-electron chi connectivity index (χ0n) is 10.7. The van der Waals surface area contributed by atoms with Crippen molar-refractivity contribution in [3.63, 3.8) is 0 Å². The Morgan fingerprint density at radius 2 is 2.29 bits per heavy atom. The third kappa shape index (κ3) is 3.56. The van der Waals surface area contributed by atoms with Crippen molar-refractivity contribution in [3.8, 4) is 0 Å². The first-order valence-electron chi connectivity index (χ1n) is 6.25. The van der Waals surface area contributed by atoms with Crippen molar-refractivity contribution in [2.45, 2.75) is 19.5 Å². The first-order chi connectivity index (χ1) is 8.31. The fourth-order valence-electron chi connectivity index (χ4n) is 2.43. The van der Waals surface area contributed by atoms with Crippen molar-refractivity contribution in [1.29, 1.82) is 0 Å². The molecule has 2 rings (SSSR count). The van der Waals surface area contributed by atoms with E-state index < -0.39 is 0 Å². The molecule has 2 heterocycles. The summed E-state index contributed by atoms with van der Waals surface area (Å²) in [4.78, 5) is 2.44. The molecule has 0 aromatic carbocycles. The highest BCUT2D eigenvalue weighted by molar-refractivity contribution is 5.07. The van der Waals surface area contributed by atoms with E-state index in [1.54, 1.807) is 7.11 Å². The first kappa shape index (κ1) is 12.6. The van der Waals surface area contributed by atoms with E-state index in [0.29, 0.717) is 5.92 Å². The summed E-state index contributed by atoms with van der Waals surface area (Å²) in [6.07, 6.45) is 1.23. The average molecular weight is 238 g/mol. The van der Waals surface area contributed by atoms with Crippen LogP contribution in [0, 0.1) is 5.92 Å². The molecule has 1 fully saturated rings. The molecular weight excluding hydrogens is 216 g/mol. The fraction of sp³-hybridized carbons (Fsp3) is 0.692. The van der Waals surface area contributed by atoms with Crippen LogP contribution in [0.5, 0.6) is 0 Å². The van der Waals surface area contributed by atoms with Gasteiger partial charge in [-0.1, -0.05) is 0 Å². The summed E-state index contributed by atoms with van der Waals surface area (Å²) in [6, 6.07) is 4.13. The monoisotopic (exact) mass is 238 g/mol. The van der Waals surface area contributed by atoms with Crippen LogP contribution < -0.4 is 5.32 Å². The fourth-order valence-corrected chi connectivity index (χ4v) is 2.43. The molecule has 0 amide bonds. The lowest BCUT2D eigenvalue weighted by atomic mass is 10.1. The Morgan fingerprint density at radius 3 is 3.06 bits per heavy atom. The number of likely N-dealkylation sites (tertiary alicyclic amines) is 1. The van der Waals surface area contributed by atoms with Crippen molar-refractivity contribution in [3.05, 3.63) is 23.7 Å². The van der Waals surface area contributed by atoms with Crippen molar-refractivity contribution in [1.82, 2.24) is 10.2 Å². The van der Waals surface area contributed by atoms with Gasteiger partial charge in [-0.2, -0.15) is 0 Å². The maximum absolute atomic E-state index is 5.75. The number of hydrogen-bond donors (Lipinski definition) is 1. The van der Waals surface area contributed by atoms with Crippen LogP contribution in [0.3, 0.4) is 0 Å². The average Bonchev–Trinajstić information content (AvgIpc) is 2.91. The molecule has 0 radical (unpaired) electrons. The number of ether oxygens (including phenoxy) is 1. The number of hydrogen-bond acceptors (Lipinski definition) is 4. The van der Waals surface area contributed by atoms with Gasteiger partial charge in [-0.05, 0) is 38.1 Å². The lowest BCUT2D eigenvalue weighted by molar-refractivity contribution is 0.151. The Labute approximate surface area is 103 Å². The Kier molecular flexibility index (Phi) is 4.59. The highest BCUT2D eigenvalue weighted by Gasteiger charge is 2.22. The largest absolute Gasteiger partial charge is 0.463 e. The van der Waals surface area contributed by atoms with Crippen LogP contribution in [0.4, 0.5) is 0 Å². The van der Waals surface area contributed by atoms with E-state index in [9.17, 15) is 0 Å². The van der Waals surface area contributed by atoms with Crippen LogP contribution in [0.15, 0.2) is 16.5 Å². The minimum atomic E-state index is 0.687. The van der Waals surface area contributed by atoms with Gasteiger partial charge >= 0.3 is 0 Å². The second kappa shape index (κ2) is 6.19. The summed E-state index contributed by atoms with van der Waals surface area (Å²) >= 11 is 0. The topological polar surface area (TPSA) is 37.6 Å². The maximum atomic E-state index is 5.75. The van der Waals surface area contributed by atoms with Crippen molar-refractivity contribution in [2.75, 3.05) is 33.9 Å². The van der Waals surface area contributed by atoms with E-state index in [2.05, 4.69) is 22.3 Å². The van der Waals surface area contributed by atoms with Crippen LogP contribution in [0.1, 0.15) is 17.9 Å². The van der Waals surface area contributed by atoms with Gasteiger partial charge in [0.25, 0.3) is 0 Å². The molecule has 17 heavy (non-hydrogen) atoms. The van der Waals surface area contributed by atoms with E-state index in [4.69, 9.17) is 9.15 Å². The normalized spacial score (nSPS) is 21.2. The Morgan fingerprint density at radius 1 is 1.47 bits per heavy atom. The number of furan rings is 1. The predicted octanol–water partition coefficient (Wildman–Crippen LogP) is 1.47. The molecule has 1 unspecified atom stereocenters. The smallest absolute Gasteiger partial charge is 0.118 e. The molecule has 1 saturated heterocycles. The molecule has 1 aliphatic rings. The van der Waals surface area contributed by atoms with Crippen molar-refractivity contribution in [2.24, 2.45) is 5.92 Å². The van der Waals surface area contributed by atoms with Gasteiger partial charge in [0.15, 0.2) is 0 Å². The molecule has 1 N–H and O–H groups in total. The summed E-state index contributed by atoms with van der Waals surface area (Å²) in [5, 5.41) is 3.09. The van der Waals surface area contributed by atoms with Gasteiger partial charge in [0, 0.05) is 13.7 Å². The van der Waals surface area contributed by atoms with Gasteiger partial charge < -0.3 is 14.5 Å². The molecule has 1 atom stereocenters. The minimum Gasteiger partial charge on any atom is -0.463 e. The summed E-state index contributed by atoms with van der Waals surface area (Å²) < 4.78 is 10.9. The second-order valence-corrected chi connectivity index (χ2v) is 4.74. The molecule has 1 aromatic heterocycles. The molecule has 0 saturated carbocycles. The summed E-state index contributed by atoms with van der Waals surface area (Å²) in [7, 11) is 3.71. The molecule has 1 aromatic rings. The maximum Gasteiger partial charge on any atom is 0.118 e.